The number of carbonyl (C=O) groups excluding carboxylic acids is 1. The second-order valence-electron chi connectivity index (χ2n) is 5.59. The normalized spacial score (nSPS) is 13.8. The average Bonchev–Trinajstić information content (AvgIpc) is 2.55. The van der Waals surface area contributed by atoms with Crippen LogP contribution >= 0.6 is 0 Å². The summed E-state index contributed by atoms with van der Waals surface area (Å²) in [5, 5.41) is 4.43. The maximum atomic E-state index is 11.9. The van der Waals surface area contributed by atoms with E-state index in [0.717, 1.165) is 31.5 Å². The molecule has 0 amide bonds. The highest BCUT2D eigenvalue weighted by molar-refractivity contribution is 5.96. The molecule has 0 atom stereocenters. The van der Waals surface area contributed by atoms with Crippen LogP contribution in [-0.2, 0) is 13.0 Å². The van der Waals surface area contributed by atoms with Crippen molar-refractivity contribution in [3.63, 3.8) is 0 Å². The Hall–Kier alpha value is -1.93. The van der Waals surface area contributed by atoms with Crippen LogP contribution in [0.2, 0.25) is 0 Å². The van der Waals surface area contributed by atoms with E-state index in [0.29, 0.717) is 6.42 Å². The quantitative estimate of drug-likeness (QED) is 0.778. The lowest BCUT2D eigenvalue weighted by molar-refractivity contribution is 0.0982. The fourth-order valence-corrected chi connectivity index (χ4v) is 2.81. The van der Waals surface area contributed by atoms with Crippen LogP contribution in [0.15, 0.2) is 42.5 Å². The van der Waals surface area contributed by atoms with E-state index in [1.807, 2.05) is 19.1 Å². The largest absolute Gasteiger partial charge is 0.294 e. The van der Waals surface area contributed by atoms with E-state index in [9.17, 15) is 4.79 Å². The molecule has 2 aromatic carbocycles. The molecule has 0 aromatic heterocycles. The molecule has 1 aliphatic heterocycles. The zero-order chi connectivity index (χ0) is 14.7. The molecule has 2 nitrogen and oxygen atoms in total. The van der Waals surface area contributed by atoms with Crippen LogP contribution in [0.4, 0.5) is 0 Å². The lowest BCUT2D eigenvalue weighted by Crippen LogP contribution is -2.17. The Labute approximate surface area is 126 Å². The number of rotatable bonds is 4. The molecule has 0 fully saturated rings. The molecular weight excluding hydrogens is 258 g/mol. The fraction of sp³-hybridized carbons (Fsp3) is 0.316. The molecule has 1 aliphatic rings. The first-order valence-corrected chi connectivity index (χ1v) is 7.66. The van der Waals surface area contributed by atoms with Gasteiger partial charge in [-0.3, -0.25) is 4.79 Å². The highest BCUT2D eigenvalue weighted by Crippen LogP contribution is 2.25. The van der Waals surface area contributed by atoms with Crippen LogP contribution in [0.25, 0.3) is 11.1 Å². The topological polar surface area (TPSA) is 31.2 Å². The summed E-state index contributed by atoms with van der Waals surface area (Å²) in [6.45, 7) is 3.81. The third-order valence-corrected chi connectivity index (χ3v) is 4.04. The van der Waals surface area contributed by atoms with Gasteiger partial charge in [0.1, 0.15) is 0 Å². The number of ketones is 1. The number of Topliss-reactive ketones (excluding diaryl/α,β-unsaturated/α-hetero) is 1. The standard InChI is InChI=1S/C19H20NO/c1-2-3-19(21)15-6-4-14(5-7-15)16-8-9-18-13-20-11-10-17(18)12-16/h4-9,12H,2-3,10-11,13H2,1H3. The van der Waals surface area contributed by atoms with Crippen LogP contribution < -0.4 is 5.32 Å². The Balaban J connectivity index is 1.85. The van der Waals surface area contributed by atoms with E-state index in [4.69, 9.17) is 0 Å². The van der Waals surface area contributed by atoms with E-state index in [1.165, 1.54) is 22.3 Å². The van der Waals surface area contributed by atoms with Crippen molar-refractivity contribution in [3.8, 4) is 11.1 Å². The van der Waals surface area contributed by atoms with E-state index in [1.54, 1.807) is 0 Å². The molecule has 0 saturated carbocycles. The second-order valence-corrected chi connectivity index (χ2v) is 5.59. The Morgan fingerprint density at radius 3 is 2.57 bits per heavy atom. The molecule has 3 rings (SSSR count). The third-order valence-electron chi connectivity index (χ3n) is 4.04. The maximum Gasteiger partial charge on any atom is 0.162 e. The van der Waals surface area contributed by atoms with Gasteiger partial charge in [0.2, 0.25) is 0 Å². The van der Waals surface area contributed by atoms with Crippen molar-refractivity contribution in [2.45, 2.75) is 32.7 Å². The number of fused-ring (bicyclic) bond motifs is 1. The molecule has 0 aliphatic carbocycles. The predicted molar refractivity (Wildman–Crippen MR) is 85.5 cm³/mol. The van der Waals surface area contributed by atoms with Crippen molar-refractivity contribution in [1.29, 1.82) is 0 Å². The van der Waals surface area contributed by atoms with E-state index >= 15 is 0 Å². The van der Waals surface area contributed by atoms with Gasteiger partial charge in [-0.25, -0.2) is 5.32 Å². The minimum absolute atomic E-state index is 0.233. The molecule has 107 valence electrons. The molecule has 2 heteroatoms. The summed E-state index contributed by atoms with van der Waals surface area (Å²) in [5.41, 5.74) is 5.98. The molecule has 0 unspecified atom stereocenters. The second kappa shape index (κ2) is 6.23. The van der Waals surface area contributed by atoms with Gasteiger partial charge < -0.3 is 0 Å². The van der Waals surface area contributed by atoms with E-state index < -0.39 is 0 Å². The van der Waals surface area contributed by atoms with Crippen molar-refractivity contribution in [2.24, 2.45) is 0 Å². The molecule has 2 aromatic rings. The van der Waals surface area contributed by atoms with Crippen molar-refractivity contribution in [3.05, 3.63) is 59.2 Å². The van der Waals surface area contributed by atoms with Crippen molar-refractivity contribution < 1.29 is 4.79 Å². The summed E-state index contributed by atoms with van der Waals surface area (Å²) in [6.07, 6.45) is 2.56. The lowest BCUT2D eigenvalue weighted by Gasteiger charge is -2.16. The van der Waals surface area contributed by atoms with Gasteiger partial charge in [0, 0.05) is 25.1 Å². The summed E-state index contributed by atoms with van der Waals surface area (Å²) in [4.78, 5) is 11.9. The zero-order valence-corrected chi connectivity index (χ0v) is 12.4. The summed E-state index contributed by atoms with van der Waals surface area (Å²) >= 11 is 0. The van der Waals surface area contributed by atoms with E-state index in [2.05, 4.69) is 35.6 Å². The molecule has 0 spiro atoms. The number of hydrogen-bond acceptors (Lipinski definition) is 1. The third kappa shape index (κ3) is 3.06. The van der Waals surface area contributed by atoms with Crippen molar-refractivity contribution in [2.75, 3.05) is 6.54 Å². The first-order valence-electron chi connectivity index (χ1n) is 7.66. The van der Waals surface area contributed by atoms with Crippen LogP contribution in [0.5, 0.6) is 0 Å². The van der Waals surface area contributed by atoms with Gasteiger partial charge in [-0.15, -0.1) is 0 Å². The molecule has 1 radical (unpaired) electrons. The minimum Gasteiger partial charge on any atom is -0.294 e. The maximum absolute atomic E-state index is 11.9. The number of benzene rings is 2. The summed E-state index contributed by atoms with van der Waals surface area (Å²) in [5.74, 6) is 0.233. The zero-order valence-electron chi connectivity index (χ0n) is 12.4. The van der Waals surface area contributed by atoms with Crippen LogP contribution in [0.1, 0.15) is 41.3 Å². The molecule has 21 heavy (non-hydrogen) atoms. The Morgan fingerprint density at radius 1 is 1.05 bits per heavy atom. The molecular formula is C19H20NO. The predicted octanol–water partition coefficient (Wildman–Crippen LogP) is 4.00. The minimum atomic E-state index is 0.233. The Morgan fingerprint density at radius 2 is 1.81 bits per heavy atom. The number of hydrogen-bond donors (Lipinski definition) is 0. The monoisotopic (exact) mass is 278 g/mol. The SMILES string of the molecule is CCCC(=O)c1ccc(-c2ccc3c(c2)CC[N]C3)cc1. The van der Waals surface area contributed by atoms with Gasteiger partial charge in [0.05, 0.1) is 0 Å². The molecule has 0 saturated heterocycles. The first kappa shape index (κ1) is 14.0. The van der Waals surface area contributed by atoms with Crippen LogP contribution in [-0.4, -0.2) is 12.3 Å². The Bertz CT molecular complexity index is 643. The summed E-state index contributed by atoms with van der Waals surface area (Å²) < 4.78 is 0. The van der Waals surface area contributed by atoms with Gasteiger partial charge in [-0.2, -0.15) is 0 Å². The molecule has 1 heterocycles. The highest BCUT2D eigenvalue weighted by Gasteiger charge is 2.11. The van der Waals surface area contributed by atoms with Crippen molar-refractivity contribution >= 4 is 5.78 Å². The van der Waals surface area contributed by atoms with Crippen molar-refractivity contribution in [1.82, 2.24) is 5.32 Å². The van der Waals surface area contributed by atoms with Gasteiger partial charge in [0.25, 0.3) is 0 Å². The molecule has 0 N–H and O–H groups in total. The van der Waals surface area contributed by atoms with Crippen LogP contribution in [0, 0.1) is 0 Å². The molecule has 0 bridgehead atoms. The van der Waals surface area contributed by atoms with Gasteiger partial charge in [0.15, 0.2) is 5.78 Å². The van der Waals surface area contributed by atoms with Gasteiger partial charge >= 0.3 is 0 Å². The van der Waals surface area contributed by atoms with Crippen LogP contribution in [0.3, 0.4) is 0 Å². The summed E-state index contributed by atoms with van der Waals surface area (Å²) in [6, 6.07) is 14.6. The lowest BCUT2D eigenvalue weighted by atomic mass is 9.94. The average molecular weight is 278 g/mol. The number of nitrogens with zero attached hydrogens (tertiary/aromatic N) is 1. The van der Waals surface area contributed by atoms with Gasteiger partial charge in [-0.05, 0) is 35.1 Å². The van der Waals surface area contributed by atoms with Gasteiger partial charge in [-0.1, -0.05) is 49.4 Å². The highest BCUT2D eigenvalue weighted by atomic mass is 16.1. The Kier molecular flexibility index (Phi) is 4.16. The first-order chi connectivity index (χ1) is 10.3. The number of carbonyl (C=O) groups is 1. The smallest absolute Gasteiger partial charge is 0.162 e. The summed E-state index contributed by atoms with van der Waals surface area (Å²) in [7, 11) is 0. The van der Waals surface area contributed by atoms with E-state index in [-0.39, 0.29) is 5.78 Å². The fourth-order valence-electron chi connectivity index (χ4n) is 2.81.